The van der Waals surface area contributed by atoms with E-state index in [9.17, 15) is 14.9 Å². The molecule has 0 aliphatic carbocycles. The van der Waals surface area contributed by atoms with E-state index in [2.05, 4.69) is 5.32 Å². The van der Waals surface area contributed by atoms with Gasteiger partial charge in [-0.05, 0) is 30.2 Å². The Morgan fingerprint density at radius 1 is 1.03 bits per heavy atom. The standard InChI is InChI=1S/C20H24N2O7/c1-5-15(13-6-9-17(26-2)19(10-13)28-4)21-20(23)12-29-14-7-8-16(22(24)25)18(11-14)27-3/h6-11,15H,5,12H2,1-4H3,(H,21,23)/t15-/m0/s1. The molecule has 156 valence electrons. The van der Waals surface area contributed by atoms with Gasteiger partial charge in [-0.25, -0.2) is 0 Å². The molecular formula is C20H24N2O7. The van der Waals surface area contributed by atoms with Crippen LogP contribution in [0.5, 0.6) is 23.0 Å². The Bertz CT molecular complexity index is 870. The minimum absolute atomic E-state index is 0.0599. The van der Waals surface area contributed by atoms with Gasteiger partial charge in [-0.3, -0.25) is 14.9 Å². The average Bonchev–Trinajstić information content (AvgIpc) is 2.75. The average molecular weight is 404 g/mol. The van der Waals surface area contributed by atoms with Crippen LogP contribution in [0.4, 0.5) is 5.69 Å². The molecule has 9 nitrogen and oxygen atoms in total. The van der Waals surface area contributed by atoms with Gasteiger partial charge in [-0.15, -0.1) is 0 Å². The first-order chi connectivity index (χ1) is 13.9. The quantitative estimate of drug-likeness (QED) is 0.478. The number of hydrogen-bond donors (Lipinski definition) is 1. The first-order valence-corrected chi connectivity index (χ1v) is 8.90. The van der Waals surface area contributed by atoms with E-state index in [4.69, 9.17) is 18.9 Å². The Balaban J connectivity index is 2.03. The summed E-state index contributed by atoms with van der Waals surface area (Å²) in [5.74, 6) is 1.20. The lowest BCUT2D eigenvalue weighted by atomic mass is 10.0. The molecule has 2 aromatic rings. The Labute approximate surface area is 168 Å². The van der Waals surface area contributed by atoms with Gasteiger partial charge in [0, 0.05) is 12.1 Å². The molecule has 0 saturated heterocycles. The maximum Gasteiger partial charge on any atom is 0.311 e. The molecule has 29 heavy (non-hydrogen) atoms. The van der Waals surface area contributed by atoms with Gasteiger partial charge in [0.25, 0.3) is 5.91 Å². The zero-order valence-electron chi connectivity index (χ0n) is 16.8. The summed E-state index contributed by atoms with van der Waals surface area (Å²) in [6.45, 7) is 1.70. The molecule has 2 rings (SSSR count). The Kier molecular flexibility index (Phi) is 7.64. The Morgan fingerprint density at radius 3 is 2.31 bits per heavy atom. The second-order valence-corrected chi connectivity index (χ2v) is 6.02. The number of nitrogens with one attached hydrogen (secondary N) is 1. The number of methoxy groups -OCH3 is 3. The van der Waals surface area contributed by atoms with E-state index in [0.717, 1.165) is 5.56 Å². The van der Waals surface area contributed by atoms with Crippen molar-refractivity contribution in [3.8, 4) is 23.0 Å². The molecule has 1 N–H and O–H groups in total. The van der Waals surface area contributed by atoms with Gasteiger partial charge in [-0.1, -0.05) is 13.0 Å². The third-order valence-corrected chi connectivity index (χ3v) is 4.27. The highest BCUT2D eigenvalue weighted by molar-refractivity contribution is 5.78. The highest BCUT2D eigenvalue weighted by Gasteiger charge is 2.18. The topological polar surface area (TPSA) is 109 Å². The molecule has 1 atom stereocenters. The van der Waals surface area contributed by atoms with Crippen molar-refractivity contribution in [2.45, 2.75) is 19.4 Å². The van der Waals surface area contributed by atoms with E-state index in [0.29, 0.717) is 23.7 Å². The van der Waals surface area contributed by atoms with Crippen molar-refractivity contribution in [1.82, 2.24) is 5.32 Å². The van der Waals surface area contributed by atoms with E-state index in [1.165, 1.54) is 25.3 Å². The molecule has 1 amide bonds. The molecule has 9 heteroatoms. The van der Waals surface area contributed by atoms with Crippen molar-refractivity contribution < 1.29 is 28.7 Å². The van der Waals surface area contributed by atoms with Crippen LogP contribution in [0.15, 0.2) is 36.4 Å². The lowest BCUT2D eigenvalue weighted by Crippen LogP contribution is -2.32. The van der Waals surface area contributed by atoms with Gasteiger partial charge >= 0.3 is 5.69 Å². The molecule has 0 spiro atoms. The second-order valence-electron chi connectivity index (χ2n) is 6.02. The first-order valence-electron chi connectivity index (χ1n) is 8.90. The number of carbonyl (C=O) groups excluding carboxylic acids is 1. The third kappa shape index (κ3) is 5.50. The number of carbonyl (C=O) groups is 1. The SMILES string of the molecule is CC[C@H](NC(=O)COc1ccc([N+](=O)[O-])c(OC)c1)c1ccc(OC)c(OC)c1. The van der Waals surface area contributed by atoms with Crippen LogP contribution in [-0.4, -0.2) is 38.8 Å². The molecular weight excluding hydrogens is 380 g/mol. The van der Waals surface area contributed by atoms with Gasteiger partial charge < -0.3 is 24.3 Å². The number of nitro groups is 1. The summed E-state index contributed by atoms with van der Waals surface area (Å²) in [7, 11) is 4.43. The fraction of sp³-hybridized carbons (Fsp3) is 0.350. The maximum atomic E-state index is 12.3. The summed E-state index contributed by atoms with van der Waals surface area (Å²) in [6.07, 6.45) is 0.659. The van der Waals surface area contributed by atoms with E-state index < -0.39 is 4.92 Å². The van der Waals surface area contributed by atoms with Crippen LogP contribution in [0.1, 0.15) is 24.9 Å². The van der Waals surface area contributed by atoms with Crippen LogP contribution in [-0.2, 0) is 4.79 Å². The minimum Gasteiger partial charge on any atom is -0.493 e. The molecule has 0 bridgehead atoms. The van der Waals surface area contributed by atoms with Gasteiger partial charge in [0.05, 0.1) is 32.3 Å². The van der Waals surface area contributed by atoms with E-state index in [1.54, 1.807) is 20.3 Å². The number of amides is 1. The highest BCUT2D eigenvalue weighted by Crippen LogP contribution is 2.32. The van der Waals surface area contributed by atoms with Gasteiger partial charge in [0.1, 0.15) is 5.75 Å². The number of hydrogen-bond acceptors (Lipinski definition) is 7. The molecule has 2 aromatic carbocycles. The zero-order valence-corrected chi connectivity index (χ0v) is 16.8. The fourth-order valence-electron chi connectivity index (χ4n) is 2.77. The lowest BCUT2D eigenvalue weighted by molar-refractivity contribution is -0.385. The molecule has 0 aliphatic rings. The molecule has 0 aromatic heterocycles. The van der Waals surface area contributed by atoms with E-state index >= 15 is 0 Å². The van der Waals surface area contributed by atoms with E-state index in [1.807, 2.05) is 19.1 Å². The van der Waals surface area contributed by atoms with Crippen LogP contribution < -0.4 is 24.3 Å². The smallest absolute Gasteiger partial charge is 0.311 e. The molecule has 0 heterocycles. The highest BCUT2D eigenvalue weighted by atomic mass is 16.6. The summed E-state index contributed by atoms with van der Waals surface area (Å²) in [6, 6.07) is 9.27. The van der Waals surface area contributed by atoms with Crippen LogP contribution >= 0.6 is 0 Å². The van der Waals surface area contributed by atoms with Crippen molar-refractivity contribution in [3.05, 3.63) is 52.1 Å². The molecule has 0 fully saturated rings. The second kappa shape index (κ2) is 10.2. The Hall–Kier alpha value is -3.49. The number of nitrogens with zero attached hydrogens (tertiary/aromatic N) is 1. The number of ether oxygens (including phenoxy) is 4. The van der Waals surface area contributed by atoms with Crippen LogP contribution in [0.25, 0.3) is 0 Å². The van der Waals surface area contributed by atoms with Gasteiger partial charge in [0.15, 0.2) is 18.1 Å². The normalized spacial score (nSPS) is 11.3. The lowest BCUT2D eigenvalue weighted by Gasteiger charge is -2.19. The summed E-state index contributed by atoms with van der Waals surface area (Å²) >= 11 is 0. The van der Waals surface area contributed by atoms with Crippen LogP contribution in [0, 0.1) is 10.1 Å². The number of benzene rings is 2. The molecule has 0 radical (unpaired) electrons. The van der Waals surface area contributed by atoms with Crippen molar-refractivity contribution in [2.75, 3.05) is 27.9 Å². The van der Waals surface area contributed by atoms with Crippen molar-refractivity contribution in [3.63, 3.8) is 0 Å². The summed E-state index contributed by atoms with van der Waals surface area (Å²) in [4.78, 5) is 22.7. The summed E-state index contributed by atoms with van der Waals surface area (Å²) in [5.41, 5.74) is 0.694. The van der Waals surface area contributed by atoms with Gasteiger partial charge in [0.2, 0.25) is 5.75 Å². The zero-order chi connectivity index (χ0) is 21.4. The molecule has 0 unspecified atom stereocenters. The predicted molar refractivity (Wildman–Crippen MR) is 106 cm³/mol. The fourth-order valence-corrected chi connectivity index (χ4v) is 2.77. The number of nitro benzene ring substituents is 1. The predicted octanol–water partition coefficient (Wildman–Crippen LogP) is 3.27. The summed E-state index contributed by atoms with van der Waals surface area (Å²) in [5, 5.41) is 13.8. The van der Waals surface area contributed by atoms with Crippen molar-refractivity contribution >= 4 is 11.6 Å². The molecule has 0 aliphatic heterocycles. The Morgan fingerprint density at radius 2 is 1.72 bits per heavy atom. The van der Waals surface area contributed by atoms with Crippen molar-refractivity contribution in [1.29, 1.82) is 0 Å². The van der Waals surface area contributed by atoms with Gasteiger partial charge in [-0.2, -0.15) is 0 Å². The number of rotatable bonds is 10. The third-order valence-electron chi connectivity index (χ3n) is 4.27. The van der Waals surface area contributed by atoms with Crippen molar-refractivity contribution in [2.24, 2.45) is 0 Å². The van der Waals surface area contributed by atoms with Crippen LogP contribution in [0.3, 0.4) is 0 Å². The van der Waals surface area contributed by atoms with E-state index in [-0.39, 0.29) is 30.0 Å². The minimum atomic E-state index is -0.551. The summed E-state index contributed by atoms with van der Waals surface area (Å²) < 4.78 is 21.0. The van der Waals surface area contributed by atoms with Crippen LogP contribution in [0.2, 0.25) is 0 Å². The first kappa shape index (κ1) is 21.8. The monoisotopic (exact) mass is 404 g/mol. The largest absolute Gasteiger partial charge is 0.493 e. The molecule has 0 saturated carbocycles. The maximum absolute atomic E-state index is 12.3.